The number of methoxy groups -OCH3 is 2. The molecule has 0 rings (SSSR count). The minimum Gasteiger partial charge on any atom is -0.469 e. The summed E-state index contributed by atoms with van der Waals surface area (Å²) in [5.74, 6) is -0.323. The molecule has 0 atom stereocenters. The quantitative estimate of drug-likeness (QED) is 0.637. The maximum Gasteiger partial charge on any atom is 0.317 e. The van der Waals surface area contributed by atoms with Gasteiger partial charge in [-0.25, -0.2) is 4.79 Å². The molecule has 17 heavy (non-hydrogen) atoms. The van der Waals surface area contributed by atoms with E-state index in [1.54, 1.807) is 12.0 Å². The summed E-state index contributed by atoms with van der Waals surface area (Å²) >= 11 is 0. The van der Waals surface area contributed by atoms with Crippen LogP contribution in [0.1, 0.15) is 19.8 Å². The number of esters is 1. The second-order valence-corrected chi connectivity index (χ2v) is 3.54. The van der Waals surface area contributed by atoms with Gasteiger partial charge in [0, 0.05) is 26.7 Å². The van der Waals surface area contributed by atoms with Crippen molar-refractivity contribution < 1.29 is 19.1 Å². The molecular formula is C11H22N2O4. The zero-order chi connectivity index (χ0) is 13.1. The molecule has 0 aliphatic carbocycles. The van der Waals surface area contributed by atoms with Crippen LogP contribution in [0, 0.1) is 0 Å². The van der Waals surface area contributed by atoms with Crippen LogP contribution in [-0.4, -0.2) is 57.4 Å². The average Bonchev–Trinajstić information content (AvgIpc) is 2.35. The van der Waals surface area contributed by atoms with Gasteiger partial charge < -0.3 is 19.7 Å². The Balaban J connectivity index is 4.11. The first kappa shape index (κ1) is 15.7. The van der Waals surface area contributed by atoms with Crippen molar-refractivity contribution in [1.29, 1.82) is 0 Å². The van der Waals surface area contributed by atoms with Gasteiger partial charge >= 0.3 is 12.0 Å². The van der Waals surface area contributed by atoms with Crippen LogP contribution in [0.15, 0.2) is 0 Å². The van der Waals surface area contributed by atoms with Gasteiger partial charge in [-0.15, -0.1) is 0 Å². The van der Waals surface area contributed by atoms with Crippen LogP contribution in [0.4, 0.5) is 4.79 Å². The summed E-state index contributed by atoms with van der Waals surface area (Å²) in [4.78, 5) is 24.3. The highest BCUT2D eigenvalue weighted by atomic mass is 16.5. The van der Waals surface area contributed by atoms with Gasteiger partial charge in [0.25, 0.3) is 0 Å². The predicted molar refractivity (Wildman–Crippen MR) is 63.8 cm³/mol. The van der Waals surface area contributed by atoms with Gasteiger partial charge in [-0.2, -0.15) is 0 Å². The minimum absolute atomic E-state index is 0.173. The number of nitrogens with zero attached hydrogens (tertiary/aromatic N) is 1. The fourth-order valence-electron chi connectivity index (χ4n) is 1.19. The second-order valence-electron chi connectivity index (χ2n) is 3.54. The van der Waals surface area contributed by atoms with Gasteiger partial charge in [-0.1, -0.05) is 6.92 Å². The lowest BCUT2D eigenvalue weighted by atomic mass is 10.4. The Morgan fingerprint density at radius 3 is 2.47 bits per heavy atom. The average molecular weight is 246 g/mol. The van der Waals surface area contributed by atoms with Crippen molar-refractivity contribution in [3.8, 4) is 0 Å². The molecule has 0 aliphatic heterocycles. The van der Waals surface area contributed by atoms with Gasteiger partial charge in [0.2, 0.25) is 0 Å². The largest absolute Gasteiger partial charge is 0.469 e. The molecule has 1 N–H and O–H groups in total. The molecule has 0 saturated carbocycles. The standard InChI is InChI=1S/C11H22N2O4/c1-4-6-12-11(15)13(8-9-16-2)7-5-10(14)17-3/h4-9H2,1-3H3,(H,12,15). The number of amides is 2. The number of carbonyl (C=O) groups excluding carboxylic acids is 2. The van der Waals surface area contributed by atoms with E-state index < -0.39 is 0 Å². The lowest BCUT2D eigenvalue weighted by molar-refractivity contribution is -0.140. The van der Waals surface area contributed by atoms with Gasteiger partial charge in [-0.05, 0) is 6.42 Å². The van der Waals surface area contributed by atoms with E-state index in [-0.39, 0.29) is 18.4 Å². The summed E-state index contributed by atoms with van der Waals surface area (Å²) in [5, 5.41) is 2.76. The van der Waals surface area contributed by atoms with Gasteiger partial charge in [-0.3, -0.25) is 4.79 Å². The van der Waals surface area contributed by atoms with Crippen molar-refractivity contribution in [2.75, 3.05) is 40.5 Å². The molecule has 0 heterocycles. The highest BCUT2D eigenvalue weighted by molar-refractivity contribution is 5.75. The summed E-state index contributed by atoms with van der Waals surface area (Å²) in [6.07, 6.45) is 1.07. The first-order valence-corrected chi connectivity index (χ1v) is 5.74. The van der Waals surface area contributed by atoms with Crippen LogP contribution in [-0.2, 0) is 14.3 Å². The van der Waals surface area contributed by atoms with Crippen molar-refractivity contribution in [3.63, 3.8) is 0 Å². The normalized spacial score (nSPS) is 9.82. The van der Waals surface area contributed by atoms with Crippen LogP contribution in [0.25, 0.3) is 0 Å². The van der Waals surface area contributed by atoms with E-state index >= 15 is 0 Å². The number of urea groups is 1. The van der Waals surface area contributed by atoms with Crippen LogP contribution in [0.2, 0.25) is 0 Å². The smallest absolute Gasteiger partial charge is 0.317 e. The lowest BCUT2D eigenvalue weighted by Crippen LogP contribution is -2.43. The number of carbonyl (C=O) groups is 2. The molecular weight excluding hydrogens is 224 g/mol. The number of nitrogens with one attached hydrogen (secondary N) is 1. The Kier molecular flexibility index (Phi) is 9.14. The summed E-state index contributed by atoms with van der Waals surface area (Å²) in [6, 6.07) is -0.173. The molecule has 0 aliphatic rings. The fraction of sp³-hybridized carbons (Fsp3) is 0.818. The van der Waals surface area contributed by atoms with Gasteiger partial charge in [0.05, 0.1) is 20.1 Å². The number of ether oxygens (including phenoxy) is 2. The summed E-state index contributed by atoms with van der Waals surface area (Å²) in [6.45, 7) is 3.85. The third kappa shape index (κ3) is 7.57. The highest BCUT2D eigenvalue weighted by Crippen LogP contribution is 1.95. The van der Waals surface area contributed by atoms with Crippen molar-refractivity contribution in [2.24, 2.45) is 0 Å². The zero-order valence-corrected chi connectivity index (χ0v) is 10.8. The van der Waals surface area contributed by atoms with E-state index in [1.165, 1.54) is 7.11 Å². The molecule has 0 bridgehead atoms. The van der Waals surface area contributed by atoms with E-state index in [0.717, 1.165) is 6.42 Å². The van der Waals surface area contributed by atoms with E-state index in [0.29, 0.717) is 26.2 Å². The predicted octanol–water partition coefficient (Wildman–Crippen LogP) is 0.617. The molecule has 0 saturated heterocycles. The zero-order valence-electron chi connectivity index (χ0n) is 10.8. The summed E-state index contributed by atoms with van der Waals surface area (Å²) in [5.41, 5.74) is 0. The first-order valence-electron chi connectivity index (χ1n) is 5.74. The highest BCUT2D eigenvalue weighted by Gasteiger charge is 2.14. The molecule has 0 unspecified atom stereocenters. The molecule has 6 heteroatoms. The number of hydrogen-bond acceptors (Lipinski definition) is 4. The molecule has 100 valence electrons. The van der Waals surface area contributed by atoms with E-state index in [9.17, 15) is 9.59 Å². The van der Waals surface area contributed by atoms with Crippen molar-refractivity contribution in [2.45, 2.75) is 19.8 Å². The summed E-state index contributed by atoms with van der Waals surface area (Å²) in [7, 11) is 2.90. The maximum atomic E-state index is 11.7. The van der Waals surface area contributed by atoms with Crippen molar-refractivity contribution in [3.05, 3.63) is 0 Å². The van der Waals surface area contributed by atoms with E-state index in [4.69, 9.17) is 4.74 Å². The van der Waals surface area contributed by atoms with Crippen molar-refractivity contribution >= 4 is 12.0 Å². The Bertz CT molecular complexity index is 234. The molecule has 0 aromatic rings. The van der Waals surface area contributed by atoms with Crippen LogP contribution < -0.4 is 5.32 Å². The second kappa shape index (κ2) is 9.89. The number of rotatable bonds is 8. The Labute approximate surface area is 102 Å². The Morgan fingerprint density at radius 2 is 1.94 bits per heavy atom. The van der Waals surface area contributed by atoms with Gasteiger partial charge in [0.1, 0.15) is 0 Å². The van der Waals surface area contributed by atoms with E-state index in [1.807, 2.05) is 6.92 Å². The Hall–Kier alpha value is -1.30. The van der Waals surface area contributed by atoms with Crippen LogP contribution >= 0.6 is 0 Å². The topological polar surface area (TPSA) is 67.9 Å². The molecule has 0 aromatic carbocycles. The third-order valence-electron chi connectivity index (χ3n) is 2.19. The SMILES string of the molecule is CCCNC(=O)N(CCOC)CCC(=O)OC. The molecule has 0 radical (unpaired) electrons. The molecule has 0 spiro atoms. The fourth-order valence-corrected chi connectivity index (χ4v) is 1.19. The third-order valence-corrected chi connectivity index (χ3v) is 2.19. The van der Waals surface area contributed by atoms with Gasteiger partial charge in [0.15, 0.2) is 0 Å². The van der Waals surface area contributed by atoms with Crippen molar-refractivity contribution in [1.82, 2.24) is 10.2 Å². The first-order chi connectivity index (χ1) is 8.15. The van der Waals surface area contributed by atoms with Crippen LogP contribution in [0.3, 0.4) is 0 Å². The maximum absolute atomic E-state index is 11.7. The minimum atomic E-state index is -0.323. The lowest BCUT2D eigenvalue weighted by Gasteiger charge is -2.22. The molecule has 0 fully saturated rings. The molecule has 0 aromatic heterocycles. The Morgan fingerprint density at radius 1 is 1.24 bits per heavy atom. The monoisotopic (exact) mass is 246 g/mol. The van der Waals surface area contributed by atoms with E-state index in [2.05, 4.69) is 10.1 Å². The molecule has 2 amide bonds. The van der Waals surface area contributed by atoms with Crippen LogP contribution in [0.5, 0.6) is 0 Å². The molecule has 6 nitrogen and oxygen atoms in total. The number of hydrogen-bond donors (Lipinski definition) is 1. The summed E-state index contributed by atoms with van der Waals surface area (Å²) < 4.78 is 9.46.